The Morgan fingerprint density at radius 1 is 1.00 bits per heavy atom. The van der Waals surface area contributed by atoms with Gasteiger partial charge in [0.05, 0.1) is 0 Å². The Morgan fingerprint density at radius 3 is 1.57 bits per heavy atom. The average molecular weight is 224 g/mol. The summed E-state index contributed by atoms with van der Waals surface area (Å²) in [6, 6.07) is 0. The number of halogens is 7. The van der Waals surface area contributed by atoms with E-state index in [2.05, 4.69) is 6.58 Å². The third kappa shape index (κ3) is 1.85. The molecule has 0 saturated heterocycles. The molecule has 1 unspecified atom stereocenters. The first-order valence-corrected chi connectivity index (χ1v) is 3.43. The van der Waals surface area contributed by atoms with Crippen molar-refractivity contribution in [3.05, 3.63) is 12.7 Å². The normalized spacial score (nSPS) is 16.6. The van der Waals surface area contributed by atoms with E-state index in [4.69, 9.17) is 0 Å². The molecule has 0 aliphatic rings. The van der Waals surface area contributed by atoms with Crippen molar-refractivity contribution in [1.29, 1.82) is 0 Å². The minimum absolute atomic E-state index is 0.347. The third-order valence-corrected chi connectivity index (χ3v) is 1.70. The summed E-state index contributed by atoms with van der Waals surface area (Å²) in [5.41, 5.74) is 0. The lowest BCUT2D eigenvalue weighted by atomic mass is 9.97. The van der Waals surface area contributed by atoms with Crippen molar-refractivity contribution >= 4 is 0 Å². The van der Waals surface area contributed by atoms with Crippen LogP contribution in [0.2, 0.25) is 0 Å². The van der Waals surface area contributed by atoms with Gasteiger partial charge in [-0.1, -0.05) is 13.0 Å². The minimum atomic E-state index is -6.27. The highest BCUT2D eigenvalue weighted by Gasteiger charge is 2.73. The fraction of sp³-hybridized carbons (Fsp3) is 0.714. The maximum absolute atomic E-state index is 12.6. The zero-order chi connectivity index (χ0) is 11.8. The third-order valence-electron chi connectivity index (χ3n) is 1.70. The van der Waals surface area contributed by atoms with E-state index in [0.717, 1.165) is 0 Å². The zero-order valence-electron chi connectivity index (χ0n) is 7.01. The number of alkyl halides is 7. The molecule has 0 N–H and O–H groups in total. The van der Waals surface area contributed by atoms with E-state index in [-0.39, 0.29) is 0 Å². The maximum Gasteiger partial charge on any atom is 0.459 e. The van der Waals surface area contributed by atoms with E-state index in [1.54, 1.807) is 0 Å². The van der Waals surface area contributed by atoms with Crippen LogP contribution in [0.5, 0.6) is 0 Å². The number of rotatable bonds is 3. The molecule has 0 nitrogen and oxygen atoms in total. The SMILES string of the molecule is C=CC(C)C(F)(F)C(F)(F)C(F)(F)F. The predicted molar refractivity (Wildman–Crippen MR) is 35.3 cm³/mol. The van der Waals surface area contributed by atoms with Crippen molar-refractivity contribution < 1.29 is 30.7 Å². The van der Waals surface area contributed by atoms with Gasteiger partial charge in [-0.15, -0.1) is 6.58 Å². The van der Waals surface area contributed by atoms with Gasteiger partial charge >= 0.3 is 18.0 Å². The van der Waals surface area contributed by atoms with Gasteiger partial charge in [0.2, 0.25) is 0 Å². The maximum atomic E-state index is 12.6. The lowest BCUT2D eigenvalue weighted by Gasteiger charge is -2.30. The van der Waals surface area contributed by atoms with Gasteiger partial charge in [0.25, 0.3) is 0 Å². The Morgan fingerprint density at radius 2 is 1.36 bits per heavy atom. The summed E-state index contributed by atoms with van der Waals surface area (Å²) in [7, 11) is 0. The van der Waals surface area contributed by atoms with E-state index in [1.807, 2.05) is 0 Å². The summed E-state index contributed by atoms with van der Waals surface area (Å²) in [5, 5.41) is 0. The van der Waals surface area contributed by atoms with Crippen molar-refractivity contribution in [3.8, 4) is 0 Å². The van der Waals surface area contributed by atoms with Crippen molar-refractivity contribution in [2.24, 2.45) is 5.92 Å². The molecule has 0 amide bonds. The summed E-state index contributed by atoms with van der Waals surface area (Å²) in [6.07, 6.45) is -5.92. The molecular formula is C7H7F7. The second-order valence-corrected chi connectivity index (χ2v) is 2.72. The van der Waals surface area contributed by atoms with Gasteiger partial charge in [-0.25, -0.2) is 0 Å². The van der Waals surface area contributed by atoms with Gasteiger partial charge in [-0.2, -0.15) is 30.7 Å². The largest absolute Gasteiger partial charge is 0.459 e. The summed E-state index contributed by atoms with van der Waals surface area (Å²) in [4.78, 5) is 0. The molecule has 14 heavy (non-hydrogen) atoms. The van der Waals surface area contributed by atoms with Crippen LogP contribution in [0, 0.1) is 5.92 Å². The molecule has 0 radical (unpaired) electrons. The highest BCUT2D eigenvalue weighted by molar-refractivity contribution is 4.99. The van der Waals surface area contributed by atoms with Crippen LogP contribution in [0.3, 0.4) is 0 Å². The van der Waals surface area contributed by atoms with Crippen molar-refractivity contribution in [1.82, 2.24) is 0 Å². The molecular weight excluding hydrogens is 217 g/mol. The van der Waals surface area contributed by atoms with Gasteiger partial charge in [-0.3, -0.25) is 0 Å². The monoisotopic (exact) mass is 224 g/mol. The van der Waals surface area contributed by atoms with Crippen LogP contribution < -0.4 is 0 Å². The highest BCUT2D eigenvalue weighted by Crippen LogP contribution is 2.49. The van der Waals surface area contributed by atoms with Crippen LogP contribution in [0.25, 0.3) is 0 Å². The first-order valence-electron chi connectivity index (χ1n) is 3.43. The molecule has 0 aromatic carbocycles. The molecule has 0 bridgehead atoms. The van der Waals surface area contributed by atoms with Crippen LogP contribution in [0.4, 0.5) is 30.7 Å². The molecule has 0 aliphatic carbocycles. The molecule has 84 valence electrons. The topological polar surface area (TPSA) is 0 Å². The molecule has 0 spiro atoms. The van der Waals surface area contributed by atoms with E-state index in [1.165, 1.54) is 0 Å². The molecule has 1 atom stereocenters. The van der Waals surface area contributed by atoms with Gasteiger partial charge in [0, 0.05) is 5.92 Å². The first-order chi connectivity index (χ1) is 5.98. The van der Waals surface area contributed by atoms with Crippen molar-refractivity contribution in [3.63, 3.8) is 0 Å². The van der Waals surface area contributed by atoms with E-state index < -0.39 is 23.9 Å². The van der Waals surface area contributed by atoms with Crippen LogP contribution in [-0.2, 0) is 0 Å². The summed E-state index contributed by atoms with van der Waals surface area (Å²) in [6.45, 7) is 3.28. The molecule has 0 aromatic heterocycles. The lowest BCUT2D eigenvalue weighted by molar-refractivity contribution is -0.361. The summed E-state index contributed by atoms with van der Waals surface area (Å²) in [5.74, 6) is -13.5. The Balaban J connectivity index is 5.17. The number of allylic oxidation sites excluding steroid dienone is 1. The summed E-state index contributed by atoms with van der Waals surface area (Å²) < 4.78 is 84.2. The van der Waals surface area contributed by atoms with Crippen LogP contribution >= 0.6 is 0 Å². The number of hydrogen-bond acceptors (Lipinski definition) is 0. The minimum Gasteiger partial charge on any atom is -0.199 e. The predicted octanol–water partition coefficient (Wildman–Crippen LogP) is 3.64. The Kier molecular flexibility index (Phi) is 3.25. The second-order valence-electron chi connectivity index (χ2n) is 2.72. The zero-order valence-corrected chi connectivity index (χ0v) is 7.01. The van der Waals surface area contributed by atoms with E-state index >= 15 is 0 Å². The molecule has 7 heteroatoms. The Hall–Kier alpha value is -0.750. The van der Waals surface area contributed by atoms with Crippen LogP contribution in [0.15, 0.2) is 12.7 Å². The molecule has 0 rings (SSSR count). The van der Waals surface area contributed by atoms with Crippen LogP contribution in [0.1, 0.15) is 6.92 Å². The molecule has 0 aromatic rings. The standard InChI is InChI=1S/C7H7F7/c1-3-4(2)5(8,9)6(10,11)7(12,13)14/h3-4H,1H2,2H3. The summed E-state index contributed by atoms with van der Waals surface area (Å²) >= 11 is 0. The van der Waals surface area contributed by atoms with Gasteiger partial charge < -0.3 is 0 Å². The molecule has 0 aliphatic heterocycles. The average Bonchev–Trinajstić information content (AvgIpc) is 2.00. The lowest BCUT2D eigenvalue weighted by Crippen LogP contribution is -2.54. The first kappa shape index (κ1) is 13.2. The fourth-order valence-electron chi connectivity index (χ4n) is 0.623. The van der Waals surface area contributed by atoms with Crippen molar-refractivity contribution in [2.45, 2.75) is 24.9 Å². The van der Waals surface area contributed by atoms with E-state index in [9.17, 15) is 30.7 Å². The van der Waals surface area contributed by atoms with Gasteiger partial charge in [0.15, 0.2) is 0 Å². The molecule has 0 saturated carbocycles. The molecule has 0 heterocycles. The number of hydrogen-bond donors (Lipinski definition) is 0. The fourth-order valence-corrected chi connectivity index (χ4v) is 0.623. The smallest absolute Gasteiger partial charge is 0.199 e. The highest BCUT2D eigenvalue weighted by atomic mass is 19.4. The van der Waals surface area contributed by atoms with Gasteiger partial charge in [0.1, 0.15) is 0 Å². The van der Waals surface area contributed by atoms with Crippen LogP contribution in [-0.4, -0.2) is 18.0 Å². The Bertz CT molecular complexity index is 215. The van der Waals surface area contributed by atoms with Crippen molar-refractivity contribution in [2.75, 3.05) is 0 Å². The molecule has 0 fully saturated rings. The Labute approximate surface area is 75.4 Å². The van der Waals surface area contributed by atoms with Gasteiger partial charge in [-0.05, 0) is 0 Å². The second kappa shape index (κ2) is 3.43. The van der Waals surface area contributed by atoms with E-state index in [0.29, 0.717) is 13.0 Å². The quantitative estimate of drug-likeness (QED) is 0.507.